The highest BCUT2D eigenvalue weighted by Gasteiger charge is 2.35. The summed E-state index contributed by atoms with van der Waals surface area (Å²) < 4.78 is 37.1. The van der Waals surface area contributed by atoms with Crippen LogP contribution in [-0.4, -0.2) is 31.9 Å². The normalized spacial score (nSPS) is 14.7. The molecular weight excluding hydrogens is 583 g/mol. The van der Waals surface area contributed by atoms with Crippen molar-refractivity contribution in [3.63, 3.8) is 0 Å². The maximum Gasteiger partial charge on any atom is 0.338 e. The molecule has 0 aliphatic carbocycles. The number of ether oxygens (including phenoxy) is 4. The fraction of sp³-hybridized carbons (Fsp3) is 0.194. The van der Waals surface area contributed by atoms with Gasteiger partial charge in [0.2, 0.25) is 0 Å². The second-order valence-corrected chi connectivity index (χ2v) is 10.7. The minimum atomic E-state index is -0.874. The molecule has 1 aromatic heterocycles. The highest BCUT2D eigenvalue weighted by atomic mass is 35.5. The van der Waals surface area contributed by atoms with E-state index < -0.39 is 12.0 Å². The lowest BCUT2D eigenvalue weighted by Crippen LogP contribution is -2.40. The average molecular weight is 609 g/mol. The molecule has 0 fully saturated rings. The first kappa shape index (κ1) is 29.1. The standard InChI is InChI=1S/C31H26ClFN2O6S/c1-17-27(30(37)40-4)28(22-15-20(32)8-12-23(22)38-2)35-29(36)26(42-31(35)34-17)14-19-7-11-24(25(13-19)39-3)41-16-18-5-9-21(33)10-6-18/h5-15,28H,16H2,1-4H3/b26-14-/t28-/m0/s1. The molecule has 8 nitrogen and oxygen atoms in total. The van der Waals surface area contributed by atoms with E-state index in [9.17, 15) is 14.0 Å². The molecule has 0 spiro atoms. The van der Waals surface area contributed by atoms with Crippen LogP contribution < -0.4 is 29.1 Å². The first-order valence-electron chi connectivity index (χ1n) is 12.7. The second-order valence-electron chi connectivity index (χ2n) is 9.29. The Balaban J connectivity index is 1.57. The first-order chi connectivity index (χ1) is 20.2. The predicted octanol–water partition coefficient (Wildman–Crippen LogP) is 4.80. The van der Waals surface area contributed by atoms with E-state index in [-0.39, 0.29) is 23.6 Å². The number of rotatable bonds is 8. The third-order valence-electron chi connectivity index (χ3n) is 6.71. The number of hydrogen-bond acceptors (Lipinski definition) is 8. The van der Waals surface area contributed by atoms with Gasteiger partial charge in [0.15, 0.2) is 16.3 Å². The predicted molar refractivity (Wildman–Crippen MR) is 158 cm³/mol. The summed E-state index contributed by atoms with van der Waals surface area (Å²) in [4.78, 5) is 31.8. The average Bonchev–Trinajstić information content (AvgIpc) is 3.29. The van der Waals surface area contributed by atoms with E-state index in [4.69, 9.17) is 30.5 Å². The zero-order valence-electron chi connectivity index (χ0n) is 23.1. The van der Waals surface area contributed by atoms with Crippen molar-refractivity contribution in [1.82, 2.24) is 4.57 Å². The van der Waals surface area contributed by atoms with E-state index in [1.54, 1.807) is 61.5 Å². The number of carbonyl (C=O) groups excluding carboxylic acids is 1. The van der Waals surface area contributed by atoms with Crippen LogP contribution in [0.3, 0.4) is 0 Å². The van der Waals surface area contributed by atoms with E-state index >= 15 is 0 Å². The van der Waals surface area contributed by atoms with Gasteiger partial charge in [-0.15, -0.1) is 0 Å². The maximum atomic E-state index is 13.9. The van der Waals surface area contributed by atoms with Gasteiger partial charge in [-0.05, 0) is 66.6 Å². The molecule has 0 N–H and O–H groups in total. The number of benzene rings is 3. The number of hydrogen-bond donors (Lipinski definition) is 0. The fourth-order valence-corrected chi connectivity index (χ4v) is 5.92. The van der Waals surface area contributed by atoms with E-state index in [0.717, 1.165) is 5.56 Å². The third kappa shape index (κ3) is 5.68. The molecule has 42 heavy (non-hydrogen) atoms. The number of methoxy groups -OCH3 is 3. The van der Waals surface area contributed by atoms with Gasteiger partial charge in [-0.2, -0.15) is 0 Å². The zero-order chi connectivity index (χ0) is 30.0. The monoisotopic (exact) mass is 608 g/mol. The summed E-state index contributed by atoms with van der Waals surface area (Å²) in [6.45, 7) is 1.92. The lowest BCUT2D eigenvalue weighted by atomic mass is 9.95. The maximum absolute atomic E-state index is 13.9. The highest BCUT2D eigenvalue weighted by molar-refractivity contribution is 7.07. The molecule has 0 radical (unpaired) electrons. The molecule has 11 heteroatoms. The van der Waals surface area contributed by atoms with Gasteiger partial charge >= 0.3 is 5.97 Å². The Morgan fingerprint density at radius 2 is 1.74 bits per heavy atom. The van der Waals surface area contributed by atoms with Crippen molar-refractivity contribution in [3.8, 4) is 17.2 Å². The summed E-state index contributed by atoms with van der Waals surface area (Å²) in [6, 6.07) is 15.5. The van der Waals surface area contributed by atoms with E-state index in [2.05, 4.69) is 4.99 Å². The minimum absolute atomic E-state index is 0.210. The summed E-state index contributed by atoms with van der Waals surface area (Å²) in [7, 11) is 4.30. The number of nitrogens with zero attached hydrogens (tertiary/aromatic N) is 2. The molecule has 216 valence electrons. The van der Waals surface area contributed by atoms with Gasteiger partial charge in [0.1, 0.15) is 24.2 Å². The van der Waals surface area contributed by atoms with E-state index in [1.807, 2.05) is 0 Å². The number of esters is 1. The molecule has 1 aliphatic rings. The number of thiazole rings is 1. The molecule has 0 saturated carbocycles. The molecule has 1 atom stereocenters. The molecule has 2 heterocycles. The third-order valence-corrected chi connectivity index (χ3v) is 7.92. The summed E-state index contributed by atoms with van der Waals surface area (Å²) in [5.74, 6) is 0.478. The van der Waals surface area contributed by atoms with Crippen molar-refractivity contribution in [1.29, 1.82) is 0 Å². The molecule has 4 aromatic rings. The van der Waals surface area contributed by atoms with Gasteiger partial charge in [0.05, 0.1) is 37.1 Å². The van der Waals surface area contributed by atoms with Crippen LogP contribution in [0.5, 0.6) is 17.2 Å². The van der Waals surface area contributed by atoms with Crippen LogP contribution in [0.15, 0.2) is 81.7 Å². The Labute approximate surface area is 249 Å². The van der Waals surface area contributed by atoms with Gasteiger partial charge in [0, 0.05) is 10.6 Å². The van der Waals surface area contributed by atoms with Gasteiger partial charge in [-0.3, -0.25) is 9.36 Å². The summed E-state index contributed by atoms with van der Waals surface area (Å²) in [6.07, 6.45) is 1.72. The summed E-state index contributed by atoms with van der Waals surface area (Å²) in [5.41, 5.74) is 2.29. The second kappa shape index (κ2) is 12.2. The topological polar surface area (TPSA) is 88.4 Å². The van der Waals surface area contributed by atoms with Gasteiger partial charge in [0.25, 0.3) is 5.56 Å². The van der Waals surface area contributed by atoms with Crippen molar-refractivity contribution >= 4 is 35.0 Å². The zero-order valence-corrected chi connectivity index (χ0v) is 24.7. The lowest BCUT2D eigenvalue weighted by molar-refractivity contribution is -0.136. The highest BCUT2D eigenvalue weighted by Crippen LogP contribution is 2.37. The van der Waals surface area contributed by atoms with Crippen LogP contribution in [0.1, 0.15) is 29.7 Å². The first-order valence-corrected chi connectivity index (χ1v) is 13.9. The minimum Gasteiger partial charge on any atom is -0.496 e. The molecule has 3 aromatic carbocycles. The fourth-order valence-electron chi connectivity index (χ4n) is 4.69. The Morgan fingerprint density at radius 1 is 1.02 bits per heavy atom. The van der Waals surface area contributed by atoms with Crippen LogP contribution in [0.2, 0.25) is 5.02 Å². The van der Waals surface area contributed by atoms with Gasteiger partial charge in [-0.25, -0.2) is 14.2 Å². The molecule has 0 bridgehead atoms. The van der Waals surface area contributed by atoms with Crippen LogP contribution in [-0.2, 0) is 16.1 Å². The SMILES string of the molecule is COC(=O)C1=C(C)N=c2s/c(=C\c3ccc(OCc4ccc(F)cc4)c(OC)c3)c(=O)n2[C@H]1c1cc(Cl)ccc1OC. The van der Waals surface area contributed by atoms with Gasteiger partial charge < -0.3 is 18.9 Å². The quantitative estimate of drug-likeness (QED) is 0.267. The Morgan fingerprint density at radius 3 is 2.43 bits per heavy atom. The summed E-state index contributed by atoms with van der Waals surface area (Å²) >= 11 is 7.53. The van der Waals surface area contributed by atoms with Crippen molar-refractivity contribution in [3.05, 3.63) is 119 Å². The number of fused-ring (bicyclic) bond motifs is 1. The smallest absolute Gasteiger partial charge is 0.338 e. The number of allylic oxidation sites excluding steroid dienone is 1. The van der Waals surface area contributed by atoms with Crippen LogP contribution in [0.4, 0.5) is 4.39 Å². The number of halogens is 2. The summed E-state index contributed by atoms with van der Waals surface area (Å²) in [5, 5.41) is 0.417. The van der Waals surface area contributed by atoms with E-state index in [1.165, 1.54) is 49.4 Å². The Hall–Kier alpha value is -4.41. The molecule has 0 saturated heterocycles. The largest absolute Gasteiger partial charge is 0.496 e. The molecule has 0 amide bonds. The van der Waals surface area contributed by atoms with Crippen LogP contribution in [0.25, 0.3) is 6.08 Å². The molecular formula is C31H26ClFN2O6S. The van der Waals surface area contributed by atoms with Crippen molar-refractivity contribution in [2.24, 2.45) is 4.99 Å². The molecule has 1 aliphatic heterocycles. The van der Waals surface area contributed by atoms with Crippen molar-refractivity contribution < 1.29 is 28.1 Å². The van der Waals surface area contributed by atoms with Crippen molar-refractivity contribution in [2.45, 2.75) is 19.6 Å². The molecule has 0 unspecified atom stereocenters. The number of carbonyl (C=O) groups is 1. The lowest BCUT2D eigenvalue weighted by Gasteiger charge is -2.25. The molecule has 5 rings (SSSR count). The Kier molecular flexibility index (Phi) is 8.46. The van der Waals surface area contributed by atoms with E-state index in [0.29, 0.717) is 48.4 Å². The Bertz CT molecular complexity index is 1880. The van der Waals surface area contributed by atoms with Crippen LogP contribution >= 0.6 is 22.9 Å². The number of aromatic nitrogens is 1. The van der Waals surface area contributed by atoms with Crippen LogP contribution in [0, 0.1) is 5.82 Å². The van der Waals surface area contributed by atoms with Gasteiger partial charge in [-0.1, -0.05) is 41.1 Å². The van der Waals surface area contributed by atoms with Crippen molar-refractivity contribution in [2.75, 3.05) is 21.3 Å².